The van der Waals surface area contributed by atoms with Crippen molar-refractivity contribution in [2.24, 2.45) is 0 Å². The van der Waals surface area contributed by atoms with E-state index in [1.54, 1.807) is 10.7 Å². The number of nitrogens with zero attached hydrogens (tertiary/aromatic N) is 2. The number of aryl methyl sites for hydroxylation is 1. The third kappa shape index (κ3) is 6.21. The summed E-state index contributed by atoms with van der Waals surface area (Å²) < 4.78 is 12.2. The van der Waals surface area contributed by atoms with Crippen LogP contribution in [0.3, 0.4) is 0 Å². The number of aromatic nitrogens is 2. The highest BCUT2D eigenvalue weighted by Crippen LogP contribution is 2.16. The molecule has 7 nitrogen and oxygen atoms in total. The third-order valence-electron chi connectivity index (χ3n) is 4.00. The Kier molecular flexibility index (Phi) is 7.00. The van der Waals surface area contributed by atoms with Crippen molar-refractivity contribution in [3.05, 3.63) is 72.4 Å². The summed E-state index contributed by atoms with van der Waals surface area (Å²) in [6.45, 7) is 1.89. The van der Waals surface area contributed by atoms with E-state index in [0.29, 0.717) is 18.8 Å². The van der Waals surface area contributed by atoms with Crippen LogP contribution in [-0.2, 0) is 14.3 Å². The Labute approximate surface area is 169 Å². The van der Waals surface area contributed by atoms with Gasteiger partial charge in [-0.1, -0.05) is 36.4 Å². The van der Waals surface area contributed by atoms with E-state index < -0.39 is 11.9 Å². The molecule has 2 aromatic carbocycles. The number of hydrogen-bond acceptors (Lipinski definition) is 5. The van der Waals surface area contributed by atoms with Crippen molar-refractivity contribution in [1.82, 2.24) is 9.78 Å². The molecule has 0 atom stereocenters. The van der Waals surface area contributed by atoms with Gasteiger partial charge in [0.15, 0.2) is 6.61 Å². The number of esters is 1. The van der Waals surface area contributed by atoms with Crippen molar-refractivity contribution in [2.45, 2.75) is 19.8 Å². The fraction of sp³-hybridized carbons (Fsp3) is 0.227. The number of benzene rings is 2. The summed E-state index contributed by atoms with van der Waals surface area (Å²) in [5.41, 5.74) is 1.59. The molecule has 1 aromatic heterocycles. The van der Waals surface area contributed by atoms with Crippen LogP contribution in [0, 0.1) is 6.92 Å². The normalized spacial score (nSPS) is 10.4. The van der Waals surface area contributed by atoms with Crippen LogP contribution in [0.25, 0.3) is 5.69 Å². The number of amides is 1. The Morgan fingerprint density at radius 2 is 1.72 bits per heavy atom. The van der Waals surface area contributed by atoms with Gasteiger partial charge in [-0.2, -0.15) is 5.10 Å². The number of rotatable bonds is 9. The van der Waals surface area contributed by atoms with Crippen molar-refractivity contribution in [2.75, 3.05) is 18.5 Å². The van der Waals surface area contributed by atoms with E-state index in [9.17, 15) is 9.59 Å². The van der Waals surface area contributed by atoms with Gasteiger partial charge in [0, 0.05) is 12.5 Å². The first-order valence-corrected chi connectivity index (χ1v) is 9.37. The number of ether oxygens (including phenoxy) is 2. The predicted molar refractivity (Wildman–Crippen MR) is 109 cm³/mol. The van der Waals surface area contributed by atoms with Crippen LogP contribution < -0.4 is 10.1 Å². The quantitative estimate of drug-likeness (QED) is 0.444. The van der Waals surface area contributed by atoms with E-state index in [1.807, 2.05) is 67.6 Å². The van der Waals surface area contributed by atoms with Crippen LogP contribution in [0.5, 0.6) is 5.75 Å². The smallest absolute Gasteiger partial charge is 0.306 e. The summed E-state index contributed by atoms with van der Waals surface area (Å²) in [6, 6.07) is 20.6. The van der Waals surface area contributed by atoms with E-state index in [2.05, 4.69) is 10.4 Å². The van der Waals surface area contributed by atoms with Gasteiger partial charge in [-0.3, -0.25) is 9.59 Å². The number of anilines is 1. The van der Waals surface area contributed by atoms with Gasteiger partial charge in [0.05, 0.1) is 18.0 Å². The van der Waals surface area contributed by atoms with Crippen LogP contribution in [-0.4, -0.2) is 34.9 Å². The molecular weight excluding hydrogens is 370 g/mol. The molecule has 0 spiro atoms. The van der Waals surface area contributed by atoms with Gasteiger partial charge in [-0.15, -0.1) is 0 Å². The van der Waals surface area contributed by atoms with E-state index >= 15 is 0 Å². The average molecular weight is 393 g/mol. The molecule has 29 heavy (non-hydrogen) atoms. The maximum absolute atomic E-state index is 12.2. The minimum atomic E-state index is -0.440. The summed E-state index contributed by atoms with van der Waals surface area (Å²) in [5, 5.41) is 7.12. The SMILES string of the molecule is Cc1cc(NC(=O)COC(=O)CCCOc2ccccc2)n(-c2ccccc2)n1. The molecule has 0 aliphatic heterocycles. The first kappa shape index (κ1) is 20.1. The lowest BCUT2D eigenvalue weighted by atomic mass is 10.3. The van der Waals surface area contributed by atoms with Gasteiger partial charge in [0.25, 0.3) is 5.91 Å². The molecule has 0 radical (unpaired) electrons. The first-order chi connectivity index (χ1) is 14.1. The van der Waals surface area contributed by atoms with E-state index in [4.69, 9.17) is 9.47 Å². The van der Waals surface area contributed by atoms with Gasteiger partial charge in [-0.25, -0.2) is 4.68 Å². The summed E-state index contributed by atoms with van der Waals surface area (Å²) in [4.78, 5) is 24.0. The Morgan fingerprint density at radius 3 is 2.45 bits per heavy atom. The zero-order chi connectivity index (χ0) is 20.5. The van der Waals surface area contributed by atoms with Gasteiger partial charge in [-0.05, 0) is 37.6 Å². The molecule has 0 bridgehead atoms. The molecular formula is C22H23N3O4. The molecule has 1 heterocycles. The van der Waals surface area contributed by atoms with Gasteiger partial charge >= 0.3 is 5.97 Å². The molecule has 0 unspecified atom stereocenters. The third-order valence-corrected chi connectivity index (χ3v) is 4.00. The zero-order valence-electron chi connectivity index (χ0n) is 16.2. The van der Waals surface area contributed by atoms with Crippen molar-refractivity contribution < 1.29 is 19.1 Å². The number of nitrogens with one attached hydrogen (secondary N) is 1. The minimum absolute atomic E-state index is 0.182. The van der Waals surface area contributed by atoms with E-state index in [-0.39, 0.29) is 13.0 Å². The minimum Gasteiger partial charge on any atom is -0.494 e. The highest BCUT2D eigenvalue weighted by atomic mass is 16.5. The van der Waals surface area contributed by atoms with Gasteiger partial charge in [0.1, 0.15) is 11.6 Å². The first-order valence-electron chi connectivity index (χ1n) is 9.37. The van der Waals surface area contributed by atoms with Crippen molar-refractivity contribution in [3.63, 3.8) is 0 Å². The Balaban J connectivity index is 1.41. The lowest BCUT2D eigenvalue weighted by Gasteiger charge is -2.09. The molecule has 1 amide bonds. The predicted octanol–water partition coefficient (Wildman–Crippen LogP) is 3.52. The summed E-state index contributed by atoms with van der Waals surface area (Å²) in [7, 11) is 0. The van der Waals surface area contributed by atoms with E-state index in [1.165, 1.54) is 0 Å². The van der Waals surface area contributed by atoms with Crippen LogP contribution in [0.4, 0.5) is 5.82 Å². The summed E-state index contributed by atoms with van der Waals surface area (Å²) >= 11 is 0. The van der Waals surface area contributed by atoms with Crippen LogP contribution >= 0.6 is 0 Å². The number of carbonyl (C=O) groups excluding carboxylic acids is 2. The molecule has 7 heteroatoms. The topological polar surface area (TPSA) is 82.5 Å². The maximum atomic E-state index is 12.2. The van der Waals surface area contributed by atoms with Crippen LogP contribution in [0.2, 0.25) is 0 Å². The Bertz CT molecular complexity index is 939. The van der Waals surface area contributed by atoms with Crippen LogP contribution in [0.15, 0.2) is 66.7 Å². The number of hydrogen-bond donors (Lipinski definition) is 1. The number of carbonyl (C=O) groups is 2. The molecule has 0 saturated carbocycles. The fourth-order valence-electron chi connectivity index (χ4n) is 2.67. The molecule has 150 valence electrons. The highest BCUT2D eigenvalue weighted by Gasteiger charge is 2.13. The molecule has 0 saturated heterocycles. The lowest BCUT2D eigenvalue weighted by Crippen LogP contribution is -2.22. The highest BCUT2D eigenvalue weighted by molar-refractivity contribution is 5.92. The largest absolute Gasteiger partial charge is 0.494 e. The summed E-state index contributed by atoms with van der Waals surface area (Å²) in [5.74, 6) is 0.414. The Hall–Kier alpha value is -3.61. The van der Waals surface area contributed by atoms with Gasteiger partial charge < -0.3 is 14.8 Å². The number of para-hydroxylation sites is 2. The molecule has 1 N–H and O–H groups in total. The molecule has 0 aliphatic rings. The van der Waals surface area contributed by atoms with Gasteiger partial charge in [0.2, 0.25) is 0 Å². The lowest BCUT2D eigenvalue weighted by molar-refractivity contribution is -0.147. The Morgan fingerprint density at radius 1 is 1.03 bits per heavy atom. The molecule has 0 aliphatic carbocycles. The monoisotopic (exact) mass is 393 g/mol. The van der Waals surface area contributed by atoms with E-state index in [0.717, 1.165) is 17.1 Å². The standard InChI is InChI=1S/C22H23N3O4/c1-17-15-20(25(24-17)18-9-4-2-5-10-18)23-21(26)16-29-22(27)13-8-14-28-19-11-6-3-7-12-19/h2-7,9-12,15H,8,13-14,16H2,1H3,(H,23,26). The second-order valence-corrected chi connectivity index (χ2v) is 6.39. The maximum Gasteiger partial charge on any atom is 0.306 e. The second kappa shape index (κ2) is 10.1. The van der Waals surface area contributed by atoms with Crippen molar-refractivity contribution in [3.8, 4) is 11.4 Å². The van der Waals surface area contributed by atoms with Crippen molar-refractivity contribution in [1.29, 1.82) is 0 Å². The molecule has 3 aromatic rings. The zero-order valence-corrected chi connectivity index (χ0v) is 16.2. The molecule has 0 fully saturated rings. The van der Waals surface area contributed by atoms with Crippen molar-refractivity contribution >= 4 is 17.7 Å². The summed E-state index contributed by atoms with van der Waals surface area (Å²) in [6.07, 6.45) is 0.691. The average Bonchev–Trinajstić information content (AvgIpc) is 3.11. The molecule has 3 rings (SSSR count). The fourth-order valence-corrected chi connectivity index (χ4v) is 2.67. The second-order valence-electron chi connectivity index (χ2n) is 6.39. The van der Waals surface area contributed by atoms with Crippen LogP contribution in [0.1, 0.15) is 18.5 Å².